The number of allylic oxidation sites excluding steroid dienone is 4. The van der Waals surface area contributed by atoms with Gasteiger partial charge in [-0.3, -0.25) is 0 Å². The average Bonchev–Trinajstić information content (AvgIpc) is 2.46. The van der Waals surface area contributed by atoms with Gasteiger partial charge in [0.2, 0.25) is 0 Å². The van der Waals surface area contributed by atoms with Gasteiger partial charge in [0, 0.05) is 6.61 Å². The molecule has 1 aliphatic heterocycles. The molecule has 2 atom stereocenters. The molecule has 0 N–H and O–H groups in total. The molecule has 1 aliphatic rings. The van der Waals surface area contributed by atoms with Crippen molar-refractivity contribution in [2.45, 2.75) is 84.0 Å². The lowest BCUT2D eigenvalue weighted by molar-refractivity contribution is -0.185. The van der Waals surface area contributed by atoms with Crippen LogP contribution in [0.25, 0.3) is 0 Å². The first-order valence-electron chi connectivity index (χ1n) is 8.41. The molecule has 1 saturated heterocycles. The molecule has 116 valence electrons. The summed E-state index contributed by atoms with van der Waals surface area (Å²) in [6, 6.07) is 0. The van der Waals surface area contributed by atoms with Gasteiger partial charge in [0.25, 0.3) is 0 Å². The van der Waals surface area contributed by atoms with Crippen molar-refractivity contribution in [2.75, 3.05) is 6.61 Å². The van der Waals surface area contributed by atoms with Crippen LogP contribution in [-0.4, -0.2) is 19.0 Å². The molecule has 1 unspecified atom stereocenters. The number of hydrogen-bond acceptors (Lipinski definition) is 2. The highest BCUT2D eigenvalue weighted by molar-refractivity contribution is 5.01. The van der Waals surface area contributed by atoms with Crippen molar-refractivity contribution in [3.8, 4) is 0 Å². The Kier molecular flexibility index (Phi) is 10.6. The van der Waals surface area contributed by atoms with Gasteiger partial charge in [0.15, 0.2) is 6.29 Å². The monoisotopic (exact) mass is 280 g/mol. The van der Waals surface area contributed by atoms with Crippen molar-refractivity contribution in [1.82, 2.24) is 0 Å². The molecule has 0 aromatic rings. The summed E-state index contributed by atoms with van der Waals surface area (Å²) < 4.78 is 11.5. The second-order valence-corrected chi connectivity index (χ2v) is 5.65. The van der Waals surface area contributed by atoms with Crippen LogP contribution in [0.5, 0.6) is 0 Å². The molecule has 0 saturated carbocycles. The number of rotatable bonds is 10. The van der Waals surface area contributed by atoms with Crippen LogP contribution in [0.2, 0.25) is 0 Å². The molecule has 20 heavy (non-hydrogen) atoms. The van der Waals surface area contributed by atoms with Crippen molar-refractivity contribution < 1.29 is 9.47 Å². The third kappa shape index (κ3) is 9.33. The largest absolute Gasteiger partial charge is 0.353 e. The first kappa shape index (κ1) is 17.5. The predicted octanol–water partition coefficient (Wildman–Crippen LogP) is 5.39. The van der Waals surface area contributed by atoms with Gasteiger partial charge in [-0.05, 0) is 51.9 Å². The van der Waals surface area contributed by atoms with E-state index in [1.165, 1.54) is 38.5 Å². The fraction of sp³-hybridized carbons (Fsp3) is 0.778. The molecule has 1 heterocycles. The summed E-state index contributed by atoms with van der Waals surface area (Å²) in [6.07, 6.45) is 19.9. The van der Waals surface area contributed by atoms with E-state index in [-0.39, 0.29) is 6.29 Å². The van der Waals surface area contributed by atoms with Gasteiger partial charge in [0.1, 0.15) is 0 Å². The molecule has 0 aromatic heterocycles. The standard InChI is InChI=1S/C18H32O2/c1-3-4-5-6-7-8-9-10-11-14-17(2)20-18-15-12-13-16-19-18/h4-7,17-18H,3,8-16H2,1-2H3/b5-4+,7-6+/t17-,18?/m0/s1. The molecule has 2 nitrogen and oxygen atoms in total. The minimum Gasteiger partial charge on any atom is -0.353 e. The summed E-state index contributed by atoms with van der Waals surface area (Å²) in [5.74, 6) is 0. The van der Waals surface area contributed by atoms with Gasteiger partial charge in [-0.2, -0.15) is 0 Å². The highest BCUT2D eigenvalue weighted by Crippen LogP contribution is 2.17. The lowest BCUT2D eigenvalue weighted by atomic mass is 10.1. The first-order valence-corrected chi connectivity index (χ1v) is 8.41. The highest BCUT2D eigenvalue weighted by atomic mass is 16.7. The molecular formula is C18H32O2. The zero-order valence-electron chi connectivity index (χ0n) is 13.4. The summed E-state index contributed by atoms with van der Waals surface area (Å²) in [6.45, 7) is 5.20. The van der Waals surface area contributed by atoms with Crippen LogP contribution in [0.4, 0.5) is 0 Å². The van der Waals surface area contributed by atoms with E-state index in [0.29, 0.717) is 6.10 Å². The van der Waals surface area contributed by atoms with Gasteiger partial charge in [-0.15, -0.1) is 0 Å². The Morgan fingerprint density at radius 3 is 2.75 bits per heavy atom. The van der Waals surface area contributed by atoms with Crippen LogP contribution >= 0.6 is 0 Å². The van der Waals surface area contributed by atoms with E-state index < -0.39 is 0 Å². The second kappa shape index (κ2) is 12.2. The molecule has 0 radical (unpaired) electrons. The summed E-state index contributed by atoms with van der Waals surface area (Å²) in [5, 5.41) is 0. The van der Waals surface area contributed by atoms with Crippen LogP contribution in [-0.2, 0) is 9.47 Å². The SMILES string of the molecule is CC/C=C/C=C/CCCCC[C@H](C)OC1CCCCO1. The molecule has 0 spiro atoms. The number of ether oxygens (including phenoxy) is 2. The average molecular weight is 280 g/mol. The fourth-order valence-corrected chi connectivity index (χ4v) is 2.41. The summed E-state index contributed by atoms with van der Waals surface area (Å²) in [7, 11) is 0. The Hall–Kier alpha value is -0.600. The third-order valence-corrected chi connectivity index (χ3v) is 3.62. The van der Waals surface area contributed by atoms with Crippen molar-refractivity contribution in [1.29, 1.82) is 0 Å². The quantitative estimate of drug-likeness (QED) is 0.394. The Morgan fingerprint density at radius 1 is 1.15 bits per heavy atom. The first-order chi connectivity index (χ1) is 9.83. The molecule has 1 fully saturated rings. The molecule has 0 amide bonds. The zero-order valence-corrected chi connectivity index (χ0v) is 13.4. The Morgan fingerprint density at radius 2 is 2.00 bits per heavy atom. The molecule has 0 aromatic carbocycles. The van der Waals surface area contributed by atoms with E-state index in [1.54, 1.807) is 0 Å². The van der Waals surface area contributed by atoms with Crippen LogP contribution in [0, 0.1) is 0 Å². The Labute approximate surface area is 125 Å². The molecular weight excluding hydrogens is 248 g/mol. The van der Waals surface area contributed by atoms with Crippen LogP contribution < -0.4 is 0 Å². The molecule has 2 heteroatoms. The van der Waals surface area contributed by atoms with E-state index in [9.17, 15) is 0 Å². The van der Waals surface area contributed by atoms with E-state index in [0.717, 1.165) is 25.9 Å². The third-order valence-electron chi connectivity index (χ3n) is 3.62. The van der Waals surface area contributed by atoms with E-state index in [2.05, 4.69) is 38.2 Å². The minimum atomic E-state index is 0.0621. The van der Waals surface area contributed by atoms with Crippen LogP contribution in [0.1, 0.15) is 71.6 Å². The maximum Gasteiger partial charge on any atom is 0.157 e. The van der Waals surface area contributed by atoms with Gasteiger partial charge in [0.05, 0.1) is 6.10 Å². The van der Waals surface area contributed by atoms with Crippen molar-refractivity contribution in [3.63, 3.8) is 0 Å². The summed E-state index contributed by atoms with van der Waals surface area (Å²) >= 11 is 0. The Balaban J connectivity index is 1.92. The zero-order chi connectivity index (χ0) is 14.5. The maximum atomic E-state index is 5.92. The van der Waals surface area contributed by atoms with Gasteiger partial charge in [-0.25, -0.2) is 0 Å². The Bertz CT molecular complexity index is 265. The van der Waals surface area contributed by atoms with Crippen LogP contribution in [0.15, 0.2) is 24.3 Å². The molecule has 0 bridgehead atoms. The van der Waals surface area contributed by atoms with Gasteiger partial charge in [-0.1, -0.05) is 44.1 Å². The van der Waals surface area contributed by atoms with Gasteiger partial charge < -0.3 is 9.47 Å². The van der Waals surface area contributed by atoms with Gasteiger partial charge >= 0.3 is 0 Å². The maximum absolute atomic E-state index is 5.92. The molecule has 0 aliphatic carbocycles. The van der Waals surface area contributed by atoms with E-state index >= 15 is 0 Å². The lowest BCUT2D eigenvalue weighted by Gasteiger charge is -2.26. The number of unbranched alkanes of at least 4 members (excludes halogenated alkanes) is 3. The van der Waals surface area contributed by atoms with Crippen LogP contribution in [0.3, 0.4) is 0 Å². The number of hydrogen-bond donors (Lipinski definition) is 0. The fourth-order valence-electron chi connectivity index (χ4n) is 2.41. The minimum absolute atomic E-state index is 0.0621. The van der Waals surface area contributed by atoms with Crippen molar-refractivity contribution >= 4 is 0 Å². The van der Waals surface area contributed by atoms with E-state index in [4.69, 9.17) is 9.47 Å². The second-order valence-electron chi connectivity index (χ2n) is 5.65. The lowest BCUT2D eigenvalue weighted by Crippen LogP contribution is -2.26. The topological polar surface area (TPSA) is 18.5 Å². The van der Waals surface area contributed by atoms with Crippen molar-refractivity contribution in [3.05, 3.63) is 24.3 Å². The normalized spacial score (nSPS) is 21.8. The van der Waals surface area contributed by atoms with Crippen molar-refractivity contribution in [2.24, 2.45) is 0 Å². The summed E-state index contributed by atoms with van der Waals surface area (Å²) in [4.78, 5) is 0. The predicted molar refractivity (Wildman–Crippen MR) is 85.8 cm³/mol. The van der Waals surface area contributed by atoms with E-state index in [1.807, 2.05) is 0 Å². The molecule has 1 rings (SSSR count). The smallest absolute Gasteiger partial charge is 0.157 e. The highest BCUT2D eigenvalue weighted by Gasteiger charge is 2.16. The summed E-state index contributed by atoms with van der Waals surface area (Å²) in [5.41, 5.74) is 0.